The largest absolute Gasteiger partial charge is 0.460 e. The third kappa shape index (κ3) is 5.99. The van der Waals surface area contributed by atoms with Crippen LogP contribution in [0, 0.1) is 0 Å². The number of esters is 2. The van der Waals surface area contributed by atoms with Crippen LogP contribution in [0.4, 0.5) is 0 Å². The molecule has 1 rings (SSSR count). The molecule has 0 amide bonds. The Bertz CT molecular complexity index is 400. The Labute approximate surface area is 117 Å². The van der Waals surface area contributed by atoms with Crippen molar-refractivity contribution in [3.63, 3.8) is 0 Å². The van der Waals surface area contributed by atoms with E-state index in [0.29, 0.717) is 12.8 Å². The highest BCUT2D eigenvalue weighted by Gasteiger charge is 2.17. The molecule has 4 unspecified atom stereocenters. The van der Waals surface area contributed by atoms with Gasteiger partial charge in [-0.25, -0.2) is 9.59 Å². The molecule has 0 aliphatic carbocycles. The van der Waals surface area contributed by atoms with Crippen LogP contribution in [-0.2, 0) is 19.1 Å². The Kier molecular flexibility index (Phi) is 6.41. The zero-order valence-corrected chi connectivity index (χ0v) is 11.6. The van der Waals surface area contributed by atoms with Crippen LogP contribution in [0.1, 0.15) is 26.7 Å². The van der Waals surface area contributed by atoms with Crippen LogP contribution in [0.2, 0.25) is 0 Å². The summed E-state index contributed by atoms with van der Waals surface area (Å²) in [7, 11) is 0. The van der Waals surface area contributed by atoms with E-state index < -0.39 is 30.3 Å². The molecular formula is C14H20O6. The lowest BCUT2D eigenvalue weighted by Gasteiger charge is -2.17. The second kappa shape index (κ2) is 7.81. The molecule has 0 spiro atoms. The molecule has 0 aromatic heterocycles. The van der Waals surface area contributed by atoms with Crippen LogP contribution >= 0.6 is 0 Å². The van der Waals surface area contributed by atoms with Crippen LogP contribution in [0.3, 0.4) is 0 Å². The van der Waals surface area contributed by atoms with E-state index in [1.54, 1.807) is 6.92 Å². The van der Waals surface area contributed by atoms with Crippen molar-refractivity contribution in [2.45, 2.75) is 51.1 Å². The van der Waals surface area contributed by atoms with E-state index in [4.69, 9.17) is 9.47 Å². The third-order valence-corrected chi connectivity index (χ3v) is 2.85. The molecule has 1 heterocycles. The Morgan fingerprint density at radius 2 is 1.60 bits per heavy atom. The molecule has 6 heteroatoms. The van der Waals surface area contributed by atoms with Gasteiger partial charge in [-0.3, -0.25) is 0 Å². The van der Waals surface area contributed by atoms with Crippen LogP contribution in [0.15, 0.2) is 24.3 Å². The summed E-state index contributed by atoms with van der Waals surface area (Å²) in [6.45, 7) is 3.21. The number of carbonyl (C=O) groups is 2. The fraction of sp³-hybridized carbons (Fsp3) is 0.571. The minimum atomic E-state index is -1.11. The predicted molar refractivity (Wildman–Crippen MR) is 70.6 cm³/mol. The monoisotopic (exact) mass is 284 g/mol. The summed E-state index contributed by atoms with van der Waals surface area (Å²) in [5.74, 6) is -1.24. The van der Waals surface area contributed by atoms with Crippen molar-refractivity contribution >= 4 is 11.9 Å². The van der Waals surface area contributed by atoms with Gasteiger partial charge in [0.1, 0.15) is 12.2 Å². The Morgan fingerprint density at radius 1 is 1.00 bits per heavy atom. The minimum absolute atomic E-state index is 0.361. The van der Waals surface area contributed by atoms with Gasteiger partial charge in [0, 0.05) is 12.2 Å². The molecule has 0 radical (unpaired) electrons. The van der Waals surface area contributed by atoms with Crippen molar-refractivity contribution in [2.24, 2.45) is 0 Å². The first-order valence-corrected chi connectivity index (χ1v) is 6.52. The molecule has 4 atom stereocenters. The van der Waals surface area contributed by atoms with Gasteiger partial charge in [0.25, 0.3) is 0 Å². The molecule has 0 fully saturated rings. The zero-order valence-electron chi connectivity index (χ0n) is 11.6. The van der Waals surface area contributed by atoms with Gasteiger partial charge in [-0.15, -0.1) is 0 Å². The third-order valence-electron chi connectivity index (χ3n) is 2.85. The number of ether oxygens (including phenoxy) is 2. The average molecular weight is 284 g/mol. The van der Waals surface area contributed by atoms with Crippen molar-refractivity contribution in [3.8, 4) is 0 Å². The number of hydrogen-bond donors (Lipinski definition) is 2. The highest BCUT2D eigenvalue weighted by Crippen LogP contribution is 2.09. The van der Waals surface area contributed by atoms with Crippen LogP contribution in [-0.4, -0.2) is 46.6 Å². The lowest BCUT2D eigenvalue weighted by Crippen LogP contribution is -2.27. The standard InChI is InChI=1S/C14H20O6/c1-9-3-4-11(15)5-7-14(18)20-10(2)12(16)6-8-13(17)19-9/h5-12,15-16H,3-4H2,1-2H3/b7-5+,8-6-. The number of aliphatic hydroxyl groups excluding tert-OH is 2. The smallest absolute Gasteiger partial charge is 0.330 e. The molecule has 0 aromatic rings. The van der Waals surface area contributed by atoms with Gasteiger partial charge in [-0.1, -0.05) is 0 Å². The highest BCUT2D eigenvalue weighted by molar-refractivity contribution is 5.83. The molecule has 1 aliphatic heterocycles. The summed E-state index contributed by atoms with van der Waals surface area (Å²) >= 11 is 0. The van der Waals surface area contributed by atoms with E-state index in [9.17, 15) is 19.8 Å². The van der Waals surface area contributed by atoms with E-state index in [2.05, 4.69) is 0 Å². The maximum atomic E-state index is 11.5. The summed E-state index contributed by atoms with van der Waals surface area (Å²) in [5, 5.41) is 19.3. The summed E-state index contributed by atoms with van der Waals surface area (Å²) < 4.78 is 9.99. The van der Waals surface area contributed by atoms with Crippen LogP contribution in [0.25, 0.3) is 0 Å². The van der Waals surface area contributed by atoms with Crippen molar-refractivity contribution in [1.29, 1.82) is 0 Å². The summed E-state index contributed by atoms with van der Waals surface area (Å²) in [6, 6.07) is 0. The number of cyclic esters (lactones) is 2. The molecule has 0 aromatic carbocycles. The second-order valence-corrected chi connectivity index (χ2v) is 4.74. The Morgan fingerprint density at radius 3 is 2.30 bits per heavy atom. The van der Waals surface area contributed by atoms with Gasteiger partial charge in [0.05, 0.1) is 12.2 Å². The highest BCUT2D eigenvalue weighted by atomic mass is 16.6. The predicted octanol–water partition coefficient (Wildman–Crippen LogP) is 0.478. The SMILES string of the molecule is CC1CCC(O)/C=C/C(=O)OC(C)C(O)/C=C\C(=O)O1. The molecule has 6 nitrogen and oxygen atoms in total. The van der Waals surface area contributed by atoms with Gasteiger partial charge < -0.3 is 19.7 Å². The zero-order chi connectivity index (χ0) is 15.1. The second-order valence-electron chi connectivity index (χ2n) is 4.74. The first-order chi connectivity index (χ1) is 9.38. The van der Waals surface area contributed by atoms with E-state index in [0.717, 1.165) is 12.2 Å². The molecule has 2 N–H and O–H groups in total. The first kappa shape index (κ1) is 16.4. The number of aliphatic hydroxyl groups is 2. The fourth-order valence-electron chi connectivity index (χ4n) is 1.61. The molecule has 0 saturated heterocycles. The topological polar surface area (TPSA) is 93.1 Å². The molecule has 1 aliphatic rings. The van der Waals surface area contributed by atoms with Gasteiger partial charge >= 0.3 is 11.9 Å². The van der Waals surface area contributed by atoms with E-state index >= 15 is 0 Å². The minimum Gasteiger partial charge on any atom is -0.460 e. The average Bonchev–Trinajstić information content (AvgIpc) is 2.39. The van der Waals surface area contributed by atoms with E-state index in [1.807, 2.05) is 0 Å². The first-order valence-electron chi connectivity index (χ1n) is 6.52. The van der Waals surface area contributed by atoms with E-state index in [-0.39, 0.29) is 6.10 Å². The van der Waals surface area contributed by atoms with Gasteiger partial charge in [0.2, 0.25) is 0 Å². The lowest BCUT2D eigenvalue weighted by molar-refractivity contribution is -0.146. The fourth-order valence-corrected chi connectivity index (χ4v) is 1.61. The van der Waals surface area contributed by atoms with Crippen molar-refractivity contribution in [1.82, 2.24) is 0 Å². The Balaban J connectivity index is 2.79. The van der Waals surface area contributed by atoms with Crippen LogP contribution < -0.4 is 0 Å². The lowest BCUT2D eigenvalue weighted by atomic mass is 10.1. The maximum Gasteiger partial charge on any atom is 0.330 e. The van der Waals surface area contributed by atoms with Crippen molar-refractivity contribution in [3.05, 3.63) is 24.3 Å². The van der Waals surface area contributed by atoms with Gasteiger partial charge in [-0.05, 0) is 38.8 Å². The number of hydrogen-bond acceptors (Lipinski definition) is 6. The maximum absolute atomic E-state index is 11.5. The molecule has 20 heavy (non-hydrogen) atoms. The van der Waals surface area contributed by atoms with Gasteiger partial charge in [-0.2, -0.15) is 0 Å². The molecular weight excluding hydrogens is 264 g/mol. The quantitative estimate of drug-likeness (QED) is 0.628. The van der Waals surface area contributed by atoms with Crippen molar-refractivity contribution < 1.29 is 29.3 Å². The number of carbonyl (C=O) groups excluding carboxylic acids is 2. The molecule has 0 saturated carbocycles. The normalized spacial score (nSPS) is 36.4. The van der Waals surface area contributed by atoms with E-state index in [1.165, 1.54) is 19.1 Å². The summed E-state index contributed by atoms with van der Waals surface area (Å²) in [4.78, 5) is 22.9. The van der Waals surface area contributed by atoms with Crippen LogP contribution in [0.5, 0.6) is 0 Å². The molecule has 0 bridgehead atoms. The summed E-state index contributed by atoms with van der Waals surface area (Å²) in [6.07, 6.45) is 2.48. The van der Waals surface area contributed by atoms with Gasteiger partial charge in [0.15, 0.2) is 0 Å². The molecule has 112 valence electrons. The Hall–Kier alpha value is -1.66. The summed E-state index contributed by atoms with van der Waals surface area (Å²) in [5.41, 5.74) is 0. The van der Waals surface area contributed by atoms with Crippen molar-refractivity contribution in [2.75, 3.05) is 0 Å². The number of rotatable bonds is 0.